The van der Waals surface area contributed by atoms with Gasteiger partial charge in [0.1, 0.15) is 11.6 Å². The molecule has 0 spiro atoms. The van der Waals surface area contributed by atoms with Gasteiger partial charge in [0.25, 0.3) is 0 Å². The number of nitrogens with one attached hydrogen (secondary N) is 2. The molecule has 33 heavy (non-hydrogen) atoms. The van der Waals surface area contributed by atoms with Crippen molar-refractivity contribution in [1.29, 1.82) is 0 Å². The molecule has 2 amide bonds. The molecular formula is C23H24BrN5O3S. The molecule has 8 nitrogen and oxygen atoms in total. The molecule has 0 atom stereocenters. The summed E-state index contributed by atoms with van der Waals surface area (Å²) in [5.74, 6) is 1.01. The number of benzene rings is 2. The van der Waals surface area contributed by atoms with Gasteiger partial charge in [0.2, 0.25) is 11.8 Å². The van der Waals surface area contributed by atoms with Gasteiger partial charge >= 0.3 is 0 Å². The first kappa shape index (κ1) is 24.5. The number of carbonyl (C=O) groups is 2. The highest BCUT2D eigenvalue weighted by Crippen LogP contribution is 2.20. The van der Waals surface area contributed by atoms with E-state index in [1.807, 2.05) is 31.2 Å². The second-order valence-corrected chi connectivity index (χ2v) is 8.68. The van der Waals surface area contributed by atoms with E-state index >= 15 is 0 Å². The number of amides is 2. The highest BCUT2D eigenvalue weighted by molar-refractivity contribution is 9.10. The van der Waals surface area contributed by atoms with Crippen molar-refractivity contribution in [3.8, 4) is 5.75 Å². The maximum absolute atomic E-state index is 12.5. The minimum atomic E-state index is -0.221. The van der Waals surface area contributed by atoms with Crippen LogP contribution in [0.4, 0.5) is 11.4 Å². The summed E-state index contributed by atoms with van der Waals surface area (Å²) in [4.78, 5) is 24.8. The summed E-state index contributed by atoms with van der Waals surface area (Å²) >= 11 is 4.62. The zero-order valence-electron chi connectivity index (χ0n) is 18.1. The van der Waals surface area contributed by atoms with Gasteiger partial charge in [-0.1, -0.05) is 33.8 Å². The SMILES string of the molecule is C=CCn1c(CC(=O)Nc2ccc(OCC)cc2)nnc1SCC(=O)Nc1ccc(Br)cc1. The molecule has 3 rings (SSSR count). The number of halogens is 1. The Bertz CT molecular complexity index is 1100. The number of hydrogen-bond acceptors (Lipinski definition) is 6. The maximum atomic E-state index is 12.5. The van der Waals surface area contributed by atoms with E-state index in [9.17, 15) is 9.59 Å². The monoisotopic (exact) mass is 529 g/mol. The fourth-order valence-corrected chi connectivity index (χ4v) is 3.91. The van der Waals surface area contributed by atoms with Crippen molar-refractivity contribution in [3.05, 3.63) is 71.5 Å². The average molecular weight is 530 g/mol. The highest BCUT2D eigenvalue weighted by atomic mass is 79.9. The molecule has 0 fully saturated rings. The van der Waals surface area contributed by atoms with Crippen LogP contribution in [0.5, 0.6) is 5.75 Å². The first-order chi connectivity index (χ1) is 16.0. The number of allylic oxidation sites excluding steroid dienone is 1. The van der Waals surface area contributed by atoms with Crippen molar-refractivity contribution in [2.45, 2.75) is 25.0 Å². The van der Waals surface area contributed by atoms with Crippen molar-refractivity contribution in [2.75, 3.05) is 23.0 Å². The van der Waals surface area contributed by atoms with Gasteiger partial charge in [-0.3, -0.25) is 9.59 Å². The van der Waals surface area contributed by atoms with Crippen molar-refractivity contribution >= 4 is 50.9 Å². The zero-order chi connectivity index (χ0) is 23.6. The molecule has 0 radical (unpaired) electrons. The number of rotatable bonds is 11. The molecule has 0 saturated heterocycles. The number of nitrogens with zero attached hydrogens (tertiary/aromatic N) is 3. The lowest BCUT2D eigenvalue weighted by atomic mass is 10.3. The molecule has 0 saturated carbocycles. The minimum Gasteiger partial charge on any atom is -0.494 e. The predicted octanol–water partition coefficient (Wildman–Crippen LogP) is 4.54. The Morgan fingerprint density at radius 1 is 1.06 bits per heavy atom. The summed E-state index contributed by atoms with van der Waals surface area (Å²) in [6.45, 7) is 6.68. The van der Waals surface area contributed by atoms with Crippen LogP contribution in [0.3, 0.4) is 0 Å². The van der Waals surface area contributed by atoms with Gasteiger partial charge in [0.05, 0.1) is 18.8 Å². The Morgan fingerprint density at radius 3 is 2.33 bits per heavy atom. The van der Waals surface area contributed by atoms with Gasteiger partial charge in [-0.15, -0.1) is 16.8 Å². The van der Waals surface area contributed by atoms with Crippen molar-refractivity contribution in [3.63, 3.8) is 0 Å². The second-order valence-electron chi connectivity index (χ2n) is 6.82. The van der Waals surface area contributed by atoms with Gasteiger partial charge in [0.15, 0.2) is 5.16 Å². The number of ether oxygens (including phenoxy) is 1. The lowest BCUT2D eigenvalue weighted by molar-refractivity contribution is -0.116. The molecule has 0 unspecified atom stereocenters. The van der Waals surface area contributed by atoms with Crippen LogP contribution < -0.4 is 15.4 Å². The van der Waals surface area contributed by atoms with Gasteiger partial charge in [0, 0.05) is 22.4 Å². The third-order valence-electron chi connectivity index (χ3n) is 4.33. The van der Waals surface area contributed by atoms with Crippen LogP contribution in [0.25, 0.3) is 0 Å². The topological polar surface area (TPSA) is 98.1 Å². The van der Waals surface area contributed by atoms with Crippen LogP contribution in [-0.4, -0.2) is 38.9 Å². The Hall–Kier alpha value is -3.11. The van der Waals surface area contributed by atoms with Crippen LogP contribution in [0.15, 0.2) is 70.8 Å². The summed E-state index contributed by atoms with van der Waals surface area (Å²) in [5.41, 5.74) is 1.38. The molecule has 3 aromatic rings. The Balaban J connectivity index is 1.58. The normalized spacial score (nSPS) is 10.5. The molecule has 1 aromatic heterocycles. The molecule has 2 aromatic carbocycles. The molecule has 0 aliphatic carbocycles. The standard InChI is InChI=1S/C23H24BrN5O3S/c1-3-13-29-20(14-21(30)25-18-9-11-19(12-10-18)32-4-2)27-28-23(29)33-15-22(31)26-17-7-5-16(24)6-8-17/h3,5-12H,1,4,13-15H2,2H3,(H,25,30)(H,26,31). The molecule has 0 aliphatic heterocycles. The number of aromatic nitrogens is 3. The fourth-order valence-electron chi connectivity index (χ4n) is 2.88. The number of carbonyl (C=O) groups excluding carboxylic acids is 2. The van der Waals surface area contributed by atoms with Crippen molar-refractivity contribution in [2.24, 2.45) is 0 Å². The lowest BCUT2D eigenvalue weighted by Crippen LogP contribution is -2.18. The second kappa shape index (κ2) is 12.2. The van der Waals surface area contributed by atoms with Crippen molar-refractivity contribution < 1.29 is 14.3 Å². The third-order valence-corrected chi connectivity index (χ3v) is 5.83. The zero-order valence-corrected chi connectivity index (χ0v) is 20.5. The molecule has 1 heterocycles. The summed E-state index contributed by atoms with van der Waals surface area (Å²) < 4.78 is 8.12. The maximum Gasteiger partial charge on any atom is 0.234 e. The first-order valence-electron chi connectivity index (χ1n) is 10.2. The number of thioether (sulfide) groups is 1. The van der Waals surface area contributed by atoms with Gasteiger partial charge in [-0.25, -0.2) is 0 Å². The van der Waals surface area contributed by atoms with E-state index in [-0.39, 0.29) is 24.0 Å². The molecular weight excluding hydrogens is 506 g/mol. The molecule has 0 bridgehead atoms. The van der Waals surface area contributed by atoms with Crippen LogP contribution in [-0.2, 0) is 22.6 Å². The van der Waals surface area contributed by atoms with E-state index in [1.54, 1.807) is 34.9 Å². The molecule has 10 heteroatoms. The van der Waals surface area contributed by atoms with Crippen LogP contribution in [0.1, 0.15) is 12.7 Å². The number of hydrogen-bond donors (Lipinski definition) is 2. The van der Waals surface area contributed by atoms with E-state index in [2.05, 4.69) is 43.3 Å². The van der Waals surface area contributed by atoms with Crippen molar-refractivity contribution in [1.82, 2.24) is 14.8 Å². The summed E-state index contributed by atoms with van der Waals surface area (Å²) in [6, 6.07) is 14.5. The van der Waals surface area contributed by atoms with E-state index in [4.69, 9.17) is 4.74 Å². The summed E-state index contributed by atoms with van der Waals surface area (Å²) in [7, 11) is 0. The Kier molecular flexibility index (Phi) is 9.08. The third kappa shape index (κ3) is 7.47. The fraction of sp³-hybridized carbons (Fsp3) is 0.217. The summed E-state index contributed by atoms with van der Waals surface area (Å²) in [6.07, 6.45) is 1.74. The van der Waals surface area contributed by atoms with Crippen LogP contribution in [0.2, 0.25) is 0 Å². The largest absolute Gasteiger partial charge is 0.494 e. The van der Waals surface area contributed by atoms with Crippen LogP contribution >= 0.6 is 27.7 Å². The van der Waals surface area contributed by atoms with Gasteiger partial charge < -0.3 is 19.9 Å². The Morgan fingerprint density at radius 2 is 1.70 bits per heavy atom. The molecule has 0 aliphatic rings. The van der Waals surface area contributed by atoms with Gasteiger partial charge in [-0.2, -0.15) is 0 Å². The number of anilines is 2. The van der Waals surface area contributed by atoms with Crippen LogP contribution in [0, 0.1) is 0 Å². The lowest BCUT2D eigenvalue weighted by Gasteiger charge is -2.09. The van der Waals surface area contributed by atoms with E-state index in [0.717, 1.165) is 10.2 Å². The van der Waals surface area contributed by atoms with E-state index in [1.165, 1.54) is 11.8 Å². The van der Waals surface area contributed by atoms with E-state index < -0.39 is 0 Å². The Labute approximate surface area is 204 Å². The smallest absolute Gasteiger partial charge is 0.234 e. The summed E-state index contributed by atoms with van der Waals surface area (Å²) in [5, 5.41) is 14.5. The molecule has 172 valence electrons. The first-order valence-corrected chi connectivity index (χ1v) is 12.0. The quantitative estimate of drug-likeness (QED) is 0.279. The predicted molar refractivity (Wildman–Crippen MR) is 134 cm³/mol. The average Bonchev–Trinajstić information content (AvgIpc) is 3.17. The van der Waals surface area contributed by atoms with Gasteiger partial charge in [-0.05, 0) is 55.5 Å². The highest BCUT2D eigenvalue weighted by Gasteiger charge is 2.16. The minimum absolute atomic E-state index is 0.0414. The van der Waals surface area contributed by atoms with E-state index in [0.29, 0.717) is 35.5 Å². The molecule has 2 N–H and O–H groups in total.